The Labute approximate surface area is 138 Å². The number of carbonyl (C=O) groups excluding carboxylic acids is 1. The Morgan fingerprint density at radius 1 is 1.23 bits per heavy atom. The molecule has 2 unspecified atom stereocenters. The van der Waals surface area contributed by atoms with Crippen LogP contribution in [-0.2, 0) is 6.42 Å². The Bertz CT molecular complexity index is 493. The van der Waals surface area contributed by atoms with Crippen LogP contribution in [0.15, 0.2) is 11.4 Å². The van der Waals surface area contributed by atoms with Gasteiger partial charge >= 0.3 is 0 Å². The van der Waals surface area contributed by atoms with Crippen LogP contribution >= 0.6 is 11.3 Å². The zero-order valence-corrected chi connectivity index (χ0v) is 14.7. The Morgan fingerprint density at radius 3 is 2.91 bits per heavy atom. The number of unbranched alkanes of at least 4 members (excludes halogenated alkanes) is 2. The quantitative estimate of drug-likeness (QED) is 0.677. The van der Waals surface area contributed by atoms with E-state index in [2.05, 4.69) is 23.3 Å². The van der Waals surface area contributed by atoms with Crippen molar-refractivity contribution in [1.82, 2.24) is 4.90 Å². The fraction of sp³-hybridized carbons (Fsp3) is 0.737. The van der Waals surface area contributed by atoms with Gasteiger partial charge in [-0.1, -0.05) is 32.6 Å². The summed E-state index contributed by atoms with van der Waals surface area (Å²) in [5.74, 6) is 1.07. The van der Waals surface area contributed by atoms with Crippen LogP contribution in [0, 0.1) is 5.92 Å². The van der Waals surface area contributed by atoms with E-state index in [1.165, 1.54) is 62.7 Å². The lowest BCUT2D eigenvalue weighted by atomic mass is 9.78. The van der Waals surface area contributed by atoms with Gasteiger partial charge in [0.25, 0.3) is 5.91 Å². The van der Waals surface area contributed by atoms with Crippen molar-refractivity contribution in [3.8, 4) is 0 Å². The lowest BCUT2D eigenvalue weighted by Gasteiger charge is -2.44. The van der Waals surface area contributed by atoms with Crippen molar-refractivity contribution in [2.75, 3.05) is 6.54 Å². The molecule has 0 radical (unpaired) electrons. The van der Waals surface area contributed by atoms with Crippen molar-refractivity contribution < 1.29 is 4.79 Å². The molecule has 1 aliphatic carbocycles. The van der Waals surface area contributed by atoms with Crippen LogP contribution in [0.25, 0.3) is 0 Å². The Morgan fingerprint density at radius 2 is 2.05 bits per heavy atom. The average Bonchev–Trinajstić information content (AvgIpc) is 3.03. The minimum absolute atomic E-state index is 0.301. The first-order chi connectivity index (χ1) is 10.8. The van der Waals surface area contributed by atoms with Crippen molar-refractivity contribution in [1.29, 1.82) is 0 Å². The zero-order chi connectivity index (χ0) is 15.4. The lowest BCUT2D eigenvalue weighted by molar-refractivity contribution is 0.0391. The van der Waals surface area contributed by atoms with Gasteiger partial charge in [-0.3, -0.25) is 4.79 Å². The second-order valence-electron chi connectivity index (χ2n) is 7.01. The summed E-state index contributed by atoms with van der Waals surface area (Å²) in [6, 6.07) is 2.69. The average molecular weight is 320 g/mol. The molecule has 2 atom stereocenters. The van der Waals surface area contributed by atoms with Gasteiger partial charge in [-0.05, 0) is 50.5 Å². The van der Waals surface area contributed by atoms with E-state index >= 15 is 0 Å². The number of nitrogens with zero attached hydrogens (tertiary/aromatic N) is 1. The van der Waals surface area contributed by atoms with Gasteiger partial charge in [0.2, 0.25) is 0 Å². The van der Waals surface area contributed by atoms with Crippen LogP contribution in [-0.4, -0.2) is 23.4 Å². The van der Waals surface area contributed by atoms with Gasteiger partial charge in [0.15, 0.2) is 0 Å². The molecule has 1 aromatic heterocycles. The fourth-order valence-electron chi connectivity index (χ4n) is 4.22. The summed E-state index contributed by atoms with van der Waals surface area (Å²) in [5, 5.41) is 2.09. The van der Waals surface area contributed by atoms with E-state index in [-0.39, 0.29) is 0 Å². The molecular weight excluding hydrogens is 290 g/mol. The molecule has 2 nitrogen and oxygen atoms in total. The molecule has 3 heteroatoms. The second-order valence-corrected chi connectivity index (χ2v) is 8.01. The second kappa shape index (κ2) is 7.63. The molecule has 0 aromatic carbocycles. The molecule has 2 aliphatic rings. The summed E-state index contributed by atoms with van der Waals surface area (Å²) >= 11 is 1.77. The van der Waals surface area contributed by atoms with Gasteiger partial charge in [0.05, 0.1) is 5.56 Å². The van der Waals surface area contributed by atoms with Crippen LogP contribution < -0.4 is 0 Å². The summed E-state index contributed by atoms with van der Waals surface area (Å²) < 4.78 is 0. The van der Waals surface area contributed by atoms with E-state index in [0.29, 0.717) is 11.9 Å². The predicted molar refractivity (Wildman–Crippen MR) is 93.6 cm³/mol. The maximum atomic E-state index is 12.9. The molecule has 0 spiro atoms. The number of aryl methyl sites for hydroxylation is 1. The van der Waals surface area contributed by atoms with E-state index in [4.69, 9.17) is 0 Å². The van der Waals surface area contributed by atoms with Gasteiger partial charge in [-0.2, -0.15) is 0 Å². The highest BCUT2D eigenvalue weighted by molar-refractivity contribution is 7.10. The van der Waals surface area contributed by atoms with Gasteiger partial charge in [-0.25, -0.2) is 0 Å². The number of amides is 1. The SMILES string of the molecule is CCCCCc1cc(C(=O)N2CCCC3CCCCC32)cs1. The number of carbonyl (C=O) groups is 1. The maximum Gasteiger partial charge on any atom is 0.254 e. The van der Waals surface area contributed by atoms with E-state index in [9.17, 15) is 4.79 Å². The standard InChI is InChI=1S/C19H29NOS/c1-2-3-4-10-17-13-16(14-22-17)19(21)20-12-7-9-15-8-5-6-11-18(15)20/h13-15,18H,2-12H2,1H3. The Balaban J connectivity index is 1.65. The van der Waals surface area contributed by atoms with Crippen LogP contribution in [0.3, 0.4) is 0 Å². The third kappa shape index (κ3) is 3.56. The summed E-state index contributed by atoms with van der Waals surface area (Å²) in [6.45, 7) is 3.21. The first-order valence-corrected chi connectivity index (χ1v) is 10.1. The molecule has 0 N–H and O–H groups in total. The smallest absolute Gasteiger partial charge is 0.254 e. The number of hydrogen-bond donors (Lipinski definition) is 0. The molecule has 1 saturated heterocycles. The minimum atomic E-state index is 0.301. The summed E-state index contributed by atoms with van der Waals surface area (Å²) in [4.78, 5) is 16.5. The molecule has 122 valence electrons. The van der Waals surface area contributed by atoms with E-state index in [0.717, 1.165) is 24.4 Å². The summed E-state index contributed by atoms with van der Waals surface area (Å²) in [5.41, 5.74) is 0.947. The molecule has 1 saturated carbocycles. The zero-order valence-electron chi connectivity index (χ0n) is 13.9. The number of fused-ring (bicyclic) bond motifs is 1. The van der Waals surface area contributed by atoms with Crippen molar-refractivity contribution in [2.45, 2.75) is 77.2 Å². The molecule has 2 fully saturated rings. The first kappa shape index (κ1) is 16.0. The van der Waals surface area contributed by atoms with E-state index in [1.807, 2.05) is 0 Å². The Kier molecular flexibility index (Phi) is 5.56. The highest BCUT2D eigenvalue weighted by atomic mass is 32.1. The predicted octanol–water partition coefficient (Wildman–Crippen LogP) is 5.28. The topological polar surface area (TPSA) is 20.3 Å². The normalized spacial score (nSPS) is 25.0. The molecule has 22 heavy (non-hydrogen) atoms. The number of piperidine rings is 1. The largest absolute Gasteiger partial charge is 0.335 e. The van der Waals surface area contributed by atoms with Crippen LogP contribution in [0.1, 0.15) is 79.9 Å². The van der Waals surface area contributed by atoms with Crippen molar-refractivity contribution in [2.24, 2.45) is 5.92 Å². The van der Waals surface area contributed by atoms with Gasteiger partial charge < -0.3 is 4.90 Å². The molecule has 0 bridgehead atoms. The molecular formula is C19H29NOS. The summed E-state index contributed by atoms with van der Waals surface area (Å²) in [6.07, 6.45) is 12.7. The molecule has 3 rings (SSSR count). The molecule has 1 aliphatic heterocycles. The van der Waals surface area contributed by atoms with Crippen LogP contribution in [0.2, 0.25) is 0 Å². The van der Waals surface area contributed by atoms with Crippen molar-refractivity contribution >= 4 is 17.2 Å². The number of likely N-dealkylation sites (tertiary alicyclic amines) is 1. The number of thiophene rings is 1. The Hall–Kier alpha value is -0.830. The molecule has 1 amide bonds. The van der Waals surface area contributed by atoms with Gasteiger partial charge in [-0.15, -0.1) is 11.3 Å². The summed E-state index contributed by atoms with van der Waals surface area (Å²) in [7, 11) is 0. The number of hydrogen-bond acceptors (Lipinski definition) is 2. The van der Waals surface area contributed by atoms with E-state index < -0.39 is 0 Å². The first-order valence-electron chi connectivity index (χ1n) is 9.18. The number of rotatable bonds is 5. The monoisotopic (exact) mass is 319 g/mol. The minimum Gasteiger partial charge on any atom is -0.335 e. The highest BCUT2D eigenvalue weighted by Crippen LogP contribution is 2.36. The van der Waals surface area contributed by atoms with Crippen molar-refractivity contribution in [3.05, 3.63) is 21.9 Å². The van der Waals surface area contributed by atoms with Crippen molar-refractivity contribution in [3.63, 3.8) is 0 Å². The van der Waals surface area contributed by atoms with Crippen LogP contribution in [0.4, 0.5) is 0 Å². The molecule has 1 aromatic rings. The highest BCUT2D eigenvalue weighted by Gasteiger charge is 2.36. The fourth-order valence-corrected chi connectivity index (χ4v) is 5.12. The van der Waals surface area contributed by atoms with E-state index in [1.54, 1.807) is 11.3 Å². The third-order valence-corrected chi connectivity index (χ3v) is 6.43. The van der Waals surface area contributed by atoms with Gasteiger partial charge in [0.1, 0.15) is 0 Å². The lowest BCUT2D eigenvalue weighted by Crippen LogP contribution is -2.49. The molecule has 2 heterocycles. The van der Waals surface area contributed by atoms with Crippen LogP contribution in [0.5, 0.6) is 0 Å². The van der Waals surface area contributed by atoms with Gasteiger partial charge in [0, 0.05) is 22.8 Å². The third-order valence-electron chi connectivity index (χ3n) is 5.43. The maximum absolute atomic E-state index is 12.9.